The molecule has 0 aliphatic heterocycles. The van der Waals surface area contributed by atoms with Gasteiger partial charge in [0.25, 0.3) is 0 Å². The summed E-state index contributed by atoms with van der Waals surface area (Å²) >= 11 is 0. The second-order valence-corrected chi connectivity index (χ2v) is 8.77. The minimum absolute atomic E-state index is 0.526. The van der Waals surface area contributed by atoms with E-state index in [0.29, 0.717) is 5.65 Å². The molecule has 0 atom stereocenters. The number of hydrogen-bond donors (Lipinski definition) is 0. The van der Waals surface area contributed by atoms with Crippen molar-refractivity contribution in [2.24, 2.45) is 0 Å². The number of halogens is 1. The Hall–Kier alpha value is -4.71. The van der Waals surface area contributed by atoms with Crippen LogP contribution in [0.1, 0.15) is 30.5 Å². The molecule has 0 aliphatic carbocycles. The minimum atomic E-state index is -0.915. The Morgan fingerprint density at radius 3 is 1.79 bits per heavy atom. The zero-order valence-corrected chi connectivity index (χ0v) is 22.4. The van der Waals surface area contributed by atoms with Gasteiger partial charge >= 0.3 is 0 Å². The second-order valence-electron chi connectivity index (χ2n) is 8.77. The van der Waals surface area contributed by atoms with Crippen molar-refractivity contribution in [1.82, 2.24) is 14.5 Å². The number of nitrogens with zero attached hydrogens (tertiary/aromatic N) is 3. The molecular formula is C33H30FN3O2. The molecule has 39 heavy (non-hydrogen) atoms. The first-order chi connectivity index (χ1) is 19.2. The van der Waals surface area contributed by atoms with Gasteiger partial charge in [-0.25, -0.2) is 4.98 Å². The summed E-state index contributed by atoms with van der Waals surface area (Å²) in [4.78, 5) is 8.82. The van der Waals surface area contributed by atoms with E-state index in [0.717, 1.165) is 44.5 Å². The van der Waals surface area contributed by atoms with Crippen molar-refractivity contribution >= 4 is 21.9 Å². The van der Waals surface area contributed by atoms with Gasteiger partial charge in [0.05, 0.1) is 19.7 Å². The fourth-order valence-corrected chi connectivity index (χ4v) is 5.28. The summed E-state index contributed by atoms with van der Waals surface area (Å²) in [6, 6.07) is 31.3. The molecule has 3 aromatic carbocycles. The smallest absolute Gasteiger partial charge is 0.214 e. The number of pyridine rings is 2. The van der Waals surface area contributed by atoms with Crippen molar-refractivity contribution in [3.05, 3.63) is 132 Å². The van der Waals surface area contributed by atoms with Crippen LogP contribution in [0.25, 0.3) is 21.9 Å². The van der Waals surface area contributed by atoms with Crippen molar-refractivity contribution in [3.63, 3.8) is 0 Å². The van der Waals surface area contributed by atoms with Crippen LogP contribution in [0.2, 0.25) is 0 Å². The topological polar surface area (TPSA) is 49.2 Å². The predicted octanol–water partition coefficient (Wildman–Crippen LogP) is 7.61. The molecule has 0 amide bonds. The van der Waals surface area contributed by atoms with E-state index in [-0.39, 0.29) is 0 Å². The number of ether oxygens (including phenoxy) is 2. The average molecular weight is 520 g/mol. The molecule has 0 N–H and O–H groups in total. The standard InChI is InChI=1S/C31H24FN3O2.C2H6/c1-36-24-12-8-22(9-13-24)31(21-6-4-3-5-7-21,23-10-14-25(37-2)15-11-23)35-28-18-19-33-20-27(28)26-16-17-29(32)34-30(26)35;1-2/h3-20H,1-2H3;1-2H3. The van der Waals surface area contributed by atoms with Crippen molar-refractivity contribution in [3.8, 4) is 11.5 Å². The van der Waals surface area contributed by atoms with Gasteiger partial charge in [0.2, 0.25) is 5.95 Å². The molecule has 3 aromatic heterocycles. The molecule has 6 heteroatoms. The molecule has 0 saturated heterocycles. The third kappa shape index (κ3) is 4.28. The van der Waals surface area contributed by atoms with E-state index in [1.807, 2.05) is 92.8 Å². The number of aromatic nitrogens is 3. The highest BCUT2D eigenvalue weighted by molar-refractivity contribution is 6.06. The molecule has 0 radical (unpaired) electrons. The largest absolute Gasteiger partial charge is 0.497 e. The minimum Gasteiger partial charge on any atom is -0.497 e. The summed E-state index contributed by atoms with van der Waals surface area (Å²) in [7, 11) is 3.30. The first kappa shape index (κ1) is 25.9. The Balaban J connectivity index is 0.00000151. The molecule has 5 nitrogen and oxygen atoms in total. The van der Waals surface area contributed by atoms with E-state index in [9.17, 15) is 4.39 Å². The van der Waals surface area contributed by atoms with Crippen LogP contribution >= 0.6 is 0 Å². The molecule has 3 heterocycles. The van der Waals surface area contributed by atoms with Crippen LogP contribution in [0, 0.1) is 5.95 Å². The SMILES string of the molecule is CC.COc1ccc(C(c2ccccc2)(c2ccc(OC)cc2)n2c3ccncc3c3ccc(F)nc32)cc1. The Labute approximate surface area is 227 Å². The summed E-state index contributed by atoms with van der Waals surface area (Å²) < 4.78 is 27.8. The highest BCUT2D eigenvalue weighted by Gasteiger charge is 2.41. The summed E-state index contributed by atoms with van der Waals surface area (Å²) in [5.41, 5.74) is 3.42. The average Bonchev–Trinajstić information content (AvgIpc) is 3.33. The molecule has 0 spiro atoms. The van der Waals surface area contributed by atoms with Crippen LogP contribution in [0.5, 0.6) is 11.5 Å². The number of methoxy groups -OCH3 is 2. The van der Waals surface area contributed by atoms with Crippen molar-refractivity contribution < 1.29 is 13.9 Å². The van der Waals surface area contributed by atoms with Gasteiger partial charge in [0.15, 0.2) is 0 Å². The van der Waals surface area contributed by atoms with E-state index < -0.39 is 11.5 Å². The summed E-state index contributed by atoms with van der Waals surface area (Å²) in [6.07, 6.45) is 3.57. The third-order valence-electron chi connectivity index (χ3n) is 6.92. The van der Waals surface area contributed by atoms with Gasteiger partial charge in [-0.3, -0.25) is 4.98 Å². The van der Waals surface area contributed by atoms with E-state index >= 15 is 0 Å². The van der Waals surface area contributed by atoms with Crippen LogP contribution < -0.4 is 9.47 Å². The molecule has 0 saturated carbocycles. The van der Waals surface area contributed by atoms with E-state index in [1.165, 1.54) is 6.07 Å². The highest BCUT2D eigenvalue weighted by atomic mass is 19.1. The lowest BCUT2D eigenvalue weighted by molar-refractivity contribution is 0.413. The third-order valence-corrected chi connectivity index (χ3v) is 6.92. The van der Waals surface area contributed by atoms with Crippen LogP contribution in [-0.4, -0.2) is 28.8 Å². The van der Waals surface area contributed by atoms with Crippen molar-refractivity contribution in [2.45, 2.75) is 19.4 Å². The normalized spacial score (nSPS) is 11.2. The van der Waals surface area contributed by atoms with Crippen LogP contribution in [-0.2, 0) is 5.54 Å². The van der Waals surface area contributed by atoms with Gasteiger partial charge in [0, 0.05) is 23.2 Å². The highest BCUT2D eigenvalue weighted by Crippen LogP contribution is 2.46. The zero-order valence-electron chi connectivity index (χ0n) is 22.4. The summed E-state index contributed by atoms with van der Waals surface area (Å²) in [6.45, 7) is 4.00. The van der Waals surface area contributed by atoms with E-state index in [4.69, 9.17) is 9.47 Å². The van der Waals surface area contributed by atoms with Crippen LogP contribution in [0.15, 0.2) is 109 Å². The fourth-order valence-electron chi connectivity index (χ4n) is 5.28. The lowest BCUT2D eigenvalue weighted by Gasteiger charge is -2.38. The monoisotopic (exact) mass is 519 g/mol. The Morgan fingerprint density at radius 2 is 1.23 bits per heavy atom. The maximum Gasteiger partial charge on any atom is 0.214 e. The number of rotatable bonds is 6. The van der Waals surface area contributed by atoms with E-state index in [1.54, 1.807) is 26.5 Å². The van der Waals surface area contributed by atoms with Crippen molar-refractivity contribution in [1.29, 1.82) is 0 Å². The molecule has 6 aromatic rings. The number of hydrogen-bond acceptors (Lipinski definition) is 4. The van der Waals surface area contributed by atoms with Crippen molar-refractivity contribution in [2.75, 3.05) is 14.2 Å². The Bertz CT molecular complexity index is 1650. The molecule has 0 fully saturated rings. The molecule has 0 aliphatic rings. The van der Waals surface area contributed by atoms with Gasteiger partial charge in [-0.1, -0.05) is 68.4 Å². The predicted molar refractivity (Wildman–Crippen MR) is 154 cm³/mol. The van der Waals surface area contributed by atoms with Gasteiger partial charge in [-0.05, 0) is 59.2 Å². The van der Waals surface area contributed by atoms with Gasteiger partial charge in [-0.15, -0.1) is 0 Å². The summed E-state index contributed by atoms with van der Waals surface area (Å²) in [5.74, 6) is 0.947. The van der Waals surface area contributed by atoms with Crippen LogP contribution in [0.4, 0.5) is 4.39 Å². The zero-order chi connectivity index (χ0) is 27.4. The van der Waals surface area contributed by atoms with E-state index in [2.05, 4.69) is 26.7 Å². The second kappa shape index (κ2) is 11.0. The first-order valence-electron chi connectivity index (χ1n) is 12.9. The van der Waals surface area contributed by atoms with Gasteiger partial charge < -0.3 is 14.0 Å². The quantitative estimate of drug-likeness (QED) is 0.168. The lowest BCUT2D eigenvalue weighted by atomic mass is 9.76. The Morgan fingerprint density at radius 1 is 0.667 bits per heavy atom. The van der Waals surface area contributed by atoms with Crippen LogP contribution in [0.3, 0.4) is 0 Å². The lowest BCUT2D eigenvalue weighted by Crippen LogP contribution is -2.37. The van der Waals surface area contributed by atoms with Gasteiger partial charge in [0.1, 0.15) is 22.7 Å². The molecule has 0 unspecified atom stereocenters. The molecule has 6 rings (SSSR count). The fraction of sp³-hybridized carbons (Fsp3) is 0.152. The number of fused-ring (bicyclic) bond motifs is 3. The number of benzene rings is 3. The molecule has 0 bridgehead atoms. The molecule has 196 valence electrons. The maximum atomic E-state index is 14.8. The Kier molecular flexibility index (Phi) is 7.28. The maximum absolute atomic E-state index is 14.8. The van der Waals surface area contributed by atoms with Gasteiger partial charge in [-0.2, -0.15) is 4.39 Å². The summed E-state index contributed by atoms with van der Waals surface area (Å²) in [5, 5.41) is 1.72. The molecular weight excluding hydrogens is 489 g/mol. The first-order valence-corrected chi connectivity index (χ1v) is 12.9.